The molecule has 0 saturated heterocycles. The summed E-state index contributed by atoms with van der Waals surface area (Å²) < 4.78 is 7.68. The van der Waals surface area contributed by atoms with Gasteiger partial charge in [-0.2, -0.15) is 4.99 Å². The van der Waals surface area contributed by atoms with Crippen LogP contribution in [0.1, 0.15) is 37.8 Å². The van der Waals surface area contributed by atoms with Crippen molar-refractivity contribution in [1.82, 2.24) is 4.57 Å². The van der Waals surface area contributed by atoms with Crippen LogP contribution < -0.4 is 4.80 Å². The first kappa shape index (κ1) is 23.1. The van der Waals surface area contributed by atoms with Crippen molar-refractivity contribution in [2.75, 3.05) is 6.61 Å². The molecule has 0 aliphatic carbocycles. The van der Waals surface area contributed by atoms with E-state index in [0.717, 1.165) is 15.8 Å². The molecule has 0 N–H and O–H groups in total. The summed E-state index contributed by atoms with van der Waals surface area (Å²) >= 11 is 1.33. The zero-order valence-electron chi connectivity index (χ0n) is 18.0. The lowest BCUT2D eigenvalue weighted by Crippen LogP contribution is -2.22. The Balaban J connectivity index is 1.96. The van der Waals surface area contributed by atoms with Crippen LogP contribution in [0.3, 0.4) is 0 Å². The highest BCUT2D eigenvalue weighted by Crippen LogP contribution is 2.23. The molecular formula is C23H23N3O5S. The summed E-state index contributed by atoms with van der Waals surface area (Å²) in [7, 11) is 0. The minimum atomic E-state index is -0.503. The number of carbonyl (C=O) groups excluding carboxylic acids is 2. The van der Waals surface area contributed by atoms with Gasteiger partial charge in [-0.05, 0) is 54.3 Å². The zero-order chi connectivity index (χ0) is 23.3. The Hall–Kier alpha value is -3.59. The molecule has 9 heteroatoms. The molecule has 0 bridgehead atoms. The number of benzene rings is 2. The molecule has 32 heavy (non-hydrogen) atoms. The lowest BCUT2D eigenvalue weighted by molar-refractivity contribution is -0.384. The van der Waals surface area contributed by atoms with Crippen molar-refractivity contribution in [1.29, 1.82) is 0 Å². The Bertz CT molecular complexity index is 1250. The van der Waals surface area contributed by atoms with Crippen molar-refractivity contribution in [2.24, 2.45) is 4.99 Å². The van der Waals surface area contributed by atoms with Crippen LogP contribution in [0.5, 0.6) is 0 Å². The first-order valence-electron chi connectivity index (χ1n) is 10.1. The minimum Gasteiger partial charge on any atom is -0.465 e. The molecule has 0 unspecified atom stereocenters. The summed E-state index contributed by atoms with van der Waals surface area (Å²) in [5.74, 6) is -0.571. The third-order valence-electron chi connectivity index (χ3n) is 4.69. The van der Waals surface area contributed by atoms with E-state index in [1.54, 1.807) is 23.6 Å². The largest absolute Gasteiger partial charge is 0.465 e. The number of non-ortho nitro benzene ring substituents is 1. The molecule has 0 atom stereocenters. The quantitative estimate of drug-likeness (QED) is 0.228. The number of nitro groups is 1. The number of rotatable bonds is 7. The summed E-state index contributed by atoms with van der Waals surface area (Å²) in [4.78, 5) is 39.5. The number of nitrogens with zero attached hydrogens (tertiary/aromatic N) is 3. The van der Waals surface area contributed by atoms with Crippen LogP contribution in [-0.4, -0.2) is 28.0 Å². The van der Waals surface area contributed by atoms with Gasteiger partial charge in [-0.1, -0.05) is 31.3 Å². The monoisotopic (exact) mass is 453 g/mol. The van der Waals surface area contributed by atoms with Crippen LogP contribution in [-0.2, 0) is 20.9 Å². The van der Waals surface area contributed by atoms with E-state index >= 15 is 0 Å². The highest BCUT2D eigenvalue weighted by atomic mass is 32.1. The minimum absolute atomic E-state index is 0.0239. The summed E-state index contributed by atoms with van der Waals surface area (Å²) in [6.07, 6.45) is 2.83. The highest BCUT2D eigenvalue weighted by molar-refractivity contribution is 7.16. The molecule has 0 aliphatic heterocycles. The first-order chi connectivity index (χ1) is 15.3. The Kier molecular flexibility index (Phi) is 7.32. The van der Waals surface area contributed by atoms with Gasteiger partial charge < -0.3 is 9.30 Å². The zero-order valence-corrected chi connectivity index (χ0v) is 18.8. The maximum Gasteiger partial charge on any atom is 0.326 e. The predicted molar refractivity (Wildman–Crippen MR) is 123 cm³/mol. The van der Waals surface area contributed by atoms with Crippen molar-refractivity contribution in [3.05, 3.63) is 74.6 Å². The standard InChI is InChI=1S/C23H23N3O5S/c1-4-31-22(28)14-25-19-11-8-17(15(2)3)13-20(19)32-23(25)24-21(27)12-7-16-5-9-18(10-6-16)26(29)30/h5-13,15H,4,14H2,1-3H3/b12-7-,24-23?. The SMILES string of the molecule is CCOC(=O)Cn1c(=NC(=O)/C=C\c2ccc([N+](=O)[O-])cc2)sc2cc(C(C)C)ccc21. The van der Waals surface area contributed by atoms with E-state index < -0.39 is 16.8 Å². The van der Waals surface area contributed by atoms with E-state index in [4.69, 9.17) is 4.74 Å². The molecule has 0 aliphatic rings. The summed E-state index contributed by atoms with van der Waals surface area (Å²) in [6.45, 7) is 6.15. The topological polar surface area (TPSA) is 104 Å². The van der Waals surface area contributed by atoms with Gasteiger partial charge in [-0.3, -0.25) is 19.7 Å². The van der Waals surface area contributed by atoms with E-state index in [9.17, 15) is 19.7 Å². The number of thiazole rings is 1. The van der Waals surface area contributed by atoms with E-state index in [0.29, 0.717) is 16.3 Å². The van der Waals surface area contributed by atoms with Crippen LogP contribution in [0.2, 0.25) is 0 Å². The van der Waals surface area contributed by atoms with Crippen LogP contribution >= 0.6 is 11.3 Å². The van der Waals surface area contributed by atoms with Gasteiger partial charge in [0.15, 0.2) is 4.80 Å². The third kappa shape index (κ3) is 5.55. The van der Waals surface area contributed by atoms with Crippen LogP contribution in [0.4, 0.5) is 5.69 Å². The van der Waals surface area contributed by atoms with Gasteiger partial charge in [0.05, 0.1) is 21.7 Å². The number of hydrogen-bond acceptors (Lipinski definition) is 6. The second kappa shape index (κ2) is 10.1. The van der Waals surface area contributed by atoms with Gasteiger partial charge in [0.1, 0.15) is 6.54 Å². The number of fused-ring (bicyclic) bond motifs is 1. The van der Waals surface area contributed by atoms with E-state index in [1.807, 2.05) is 18.2 Å². The molecule has 2 aromatic carbocycles. The molecule has 1 aromatic heterocycles. The van der Waals surface area contributed by atoms with E-state index in [-0.39, 0.29) is 18.8 Å². The Morgan fingerprint density at radius 2 is 1.94 bits per heavy atom. The predicted octanol–water partition coefficient (Wildman–Crippen LogP) is 4.44. The van der Waals surface area contributed by atoms with Crippen LogP contribution in [0.25, 0.3) is 16.3 Å². The van der Waals surface area contributed by atoms with Gasteiger partial charge in [-0.15, -0.1) is 0 Å². The normalized spacial score (nSPS) is 12.1. The van der Waals surface area contributed by atoms with Gasteiger partial charge in [-0.25, -0.2) is 0 Å². The van der Waals surface area contributed by atoms with E-state index in [1.165, 1.54) is 35.6 Å². The number of amides is 1. The van der Waals surface area contributed by atoms with Gasteiger partial charge >= 0.3 is 5.97 Å². The summed E-state index contributed by atoms with van der Waals surface area (Å²) in [5, 5.41) is 10.7. The van der Waals surface area contributed by atoms with Crippen molar-refractivity contribution < 1.29 is 19.2 Å². The molecule has 8 nitrogen and oxygen atoms in total. The number of hydrogen-bond donors (Lipinski definition) is 0. The summed E-state index contributed by atoms with van der Waals surface area (Å²) in [6, 6.07) is 11.8. The number of aromatic nitrogens is 1. The van der Waals surface area contributed by atoms with E-state index in [2.05, 4.69) is 18.8 Å². The van der Waals surface area contributed by atoms with Gasteiger partial charge in [0.2, 0.25) is 0 Å². The Morgan fingerprint density at radius 1 is 1.22 bits per heavy atom. The molecule has 0 spiro atoms. The average molecular weight is 454 g/mol. The van der Waals surface area contributed by atoms with Crippen LogP contribution in [0, 0.1) is 10.1 Å². The Labute approximate surface area is 188 Å². The molecule has 166 valence electrons. The molecule has 3 aromatic rings. The number of nitro benzene ring substituents is 1. The molecule has 1 amide bonds. The summed E-state index contributed by atoms with van der Waals surface area (Å²) in [5.41, 5.74) is 2.57. The molecule has 0 radical (unpaired) electrons. The second-order valence-corrected chi connectivity index (χ2v) is 8.30. The fourth-order valence-electron chi connectivity index (χ4n) is 3.03. The first-order valence-corrected chi connectivity index (χ1v) is 10.9. The molecule has 3 rings (SSSR count). The molecule has 0 fully saturated rings. The van der Waals surface area contributed by atoms with Crippen molar-refractivity contribution in [3.8, 4) is 0 Å². The molecule has 0 saturated carbocycles. The highest BCUT2D eigenvalue weighted by Gasteiger charge is 2.13. The third-order valence-corrected chi connectivity index (χ3v) is 5.74. The smallest absolute Gasteiger partial charge is 0.326 e. The number of esters is 1. The lowest BCUT2D eigenvalue weighted by atomic mass is 10.0. The molecule has 1 heterocycles. The number of carbonyl (C=O) groups is 2. The lowest BCUT2D eigenvalue weighted by Gasteiger charge is -2.07. The van der Waals surface area contributed by atoms with Gasteiger partial charge in [0, 0.05) is 18.2 Å². The van der Waals surface area contributed by atoms with Crippen molar-refractivity contribution in [3.63, 3.8) is 0 Å². The molecular weight excluding hydrogens is 430 g/mol. The van der Waals surface area contributed by atoms with Crippen molar-refractivity contribution >= 4 is 45.2 Å². The fourth-order valence-corrected chi connectivity index (χ4v) is 4.11. The van der Waals surface area contributed by atoms with Crippen molar-refractivity contribution in [2.45, 2.75) is 33.2 Å². The van der Waals surface area contributed by atoms with Gasteiger partial charge in [0.25, 0.3) is 11.6 Å². The van der Waals surface area contributed by atoms with Crippen LogP contribution in [0.15, 0.2) is 53.5 Å². The maximum atomic E-state index is 12.5. The fraction of sp³-hybridized carbons (Fsp3) is 0.261. The maximum absolute atomic E-state index is 12.5. The Morgan fingerprint density at radius 3 is 2.56 bits per heavy atom. The average Bonchev–Trinajstić information content (AvgIpc) is 3.08. The number of ether oxygens (including phenoxy) is 1. The second-order valence-electron chi connectivity index (χ2n) is 7.29.